The Kier molecular flexibility index (Phi) is 3.46. The number of pyridine rings is 1. The molecule has 0 aromatic carbocycles. The molecule has 1 heterocycles. The van der Waals surface area contributed by atoms with Gasteiger partial charge in [-0.05, 0) is 12.1 Å². The van der Waals surface area contributed by atoms with Crippen LogP contribution in [0.2, 0.25) is 0 Å². The number of halogens is 4. The Morgan fingerprint density at radius 1 is 1.50 bits per heavy atom. The molecular formula is C9H7F4NO2. The van der Waals surface area contributed by atoms with Crippen LogP contribution in [-0.2, 0) is 4.79 Å². The fraction of sp³-hybridized carbons (Fsp3) is 0.333. The number of nitrogens with zero attached hydrogens (tertiary/aromatic N) is 1. The Morgan fingerprint density at radius 2 is 2.12 bits per heavy atom. The summed E-state index contributed by atoms with van der Waals surface area (Å²) in [5.74, 6) is -4.79. The van der Waals surface area contributed by atoms with E-state index in [1.807, 2.05) is 0 Å². The Labute approximate surface area is 87.7 Å². The Hall–Kier alpha value is -1.66. The molecule has 3 nitrogen and oxygen atoms in total. The number of aliphatic carboxylic acids is 1. The van der Waals surface area contributed by atoms with E-state index in [2.05, 4.69) is 4.98 Å². The van der Waals surface area contributed by atoms with Gasteiger partial charge in [0.2, 0.25) is 0 Å². The Bertz CT molecular complexity index is 391. The number of aromatic nitrogens is 1. The molecule has 0 aliphatic heterocycles. The number of hydrogen-bond acceptors (Lipinski definition) is 2. The highest BCUT2D eigenvalue weighted by Gasteiger charge is 2.43. The van der Waals surface area contributed by atoms with Gasteiger partial charge in [0.25, 0.3) is 0 Å². The van der Waals surface area contributed by atoms with Crippen LogP contribution in [0.4, 0.5) is 17.6 Å². The van der Waals surface area contributed by atoms with Crippen molar-refractivity contribution >= 4 is 5.97 Å². The van der Waals surface area contributed by atoms with Gasteiger partial charge in [-0.3, -0.25) is 9.78 Å². The fourth-order valence-electron chi connectivity index (χ4n) is 1.17. The fourth-order valence-corrected chi connectivity index (χ4v) is 1.17. The minimum absolute atomic E-state index is 0.584. The molecule has 0 amide bonds. The summed E-state index contributed by atoms with van der Waals surface area (Å²) in [6, 6.07) is 1.47. The molecule has 0 fully saturated rings. The first-order valence-corrected chi connectivity index (χ1v) is 4.20. The van der Waals surface area contributed by atoms with E-state index in [1.54, 1.807) is 0 Å². The molecule has 1 unspecified atom stereocenters. The lowest BCUT2D eigenvalue weighted by Crippen LogP contribution is -2.24. The molecule has 1 aromatic rings. The van der Waals surface area contributed by atoms with E-state index in [0.717, 1.165) is 12.3 Å². The van der Waals surface area contributed by atoms with E-state index in [9.17, 15) is 22.4 Å². The first-order valence-electron chi connectivity index (χ1n) is 4.20. The van der Waals surface area contributed by atoms with Crippen molar-refractivity contribution in [1.29, 1.82) is 0 Å². The molecule has 0 aliphatic carbocycles. The molecule has 0 radical (unpaired) electrons. The summed E-state index contributed by atoms with van der Waals surface area (Å²) in [7, 11) is 0. The topological polar surface area (TPSA) is 50.2 Å². The van der Waals surface area contributed by atoms with Crippen LogP contribution in [-0.4, -0.2) is 22.2 Å². The summed E-state index contributed by atoms with van der Waals surface area (Å²) in [5.41, 5.74) is -0.630. The van der Waals surface area contributed by atoms with Crippen molar-refractivity contribution in [3.63, 3.8) is 0 Å². The van der Waals surface area contributed by atoms with Gasteiger partial charge in [-0.1, -0.05) is 0 Å². The summed E-state index contributed by atoms with van der Waals surface area (Å²) in [4.78, 5) is 13.6. The van der Waals surface area contributed by atoms with Gasteiger partial charge in [0.05, 0.1) is 12.1 Å². The first kappa shape index (κ1) is 12.4. The molecule has 0 bridgehead atoms. The predicted molar refractivity (Wildman–Crippen MR) is 45.2 cm³/mol. The second kappa shape index (κ2) is 4.46. The number of carboxylic acids is 1. The maximum atomic E-state index is 12.7. The predicted octanol–water partition coefficient (Wildman–Crippen LogP) is 2.34. The highest BCUT2D eigenvalue weighted by atomic mass is 19.4. The van der Waals surface area contributed by atoms with Crippen molar-refractivity contribution in [2.24, 2.45) is 0 Å². The highest BCUT2D eigenvalue weighted by Crippen LogP contribution is 2.36. The zero-order valence-corrected chi connectivity index (χ0v) is 7.83. The Morgan fingerprint density at radius 3 is 2.56 bits per heavy atom. The van der Waals surface area contributed by atoms with E-state index in [0.29, 0.717) is 6.07 Å². The third kappa shape index (κ3) is 3.18. The van der Waals surface area contributed by atoms with Gasteiger partial charge >= 0.3 is 12.1 Å². The van der Waals surface area contributed by atoms with Gasteiger partial charge in [-0.25, -0.2) is 4.39 Å². The second-order valence-electron chi connectivity index (χ2n) is 3.09. The lowest BCUT2D eigenvalue weighted by Gasteiger charge is -2.17. The van der Waals surface area contributed by atoms with Crippen LogP contribution >= 0.6 is 0 Å². The zero-order valence-electron chi connectivity index (χ0n) is 7.83. The molecule has 7 heteroatoms. The molecule has 1 rings (SSSR count). The summed E-state index contributed by atoms with van der Waals surface area (Å²) >= 11 is 0. The van der Waals surface area contributed by atoms with Crippen molar-refractivity contribution in [2.45, 2.75) is 18.5 Å². The zero-order chi connectivity index (χ0) is 12.3. The van der Waals surface area contributed by atoms with E-state index in [1.165, 1.54) is 0 Å². The lowest BCUT2D eigenvalue weighted by molar-refractivity contribution is -0.164. The van der Waals surface area contributed by atoms with Gasteiger partial charge in [-0.2, -0.15) is 13.2 Å². The molecule has 0 spiro atoms. The highest BCUT2D eigenvalue weighted by molar-refractivity contribution is 5.68. The molecule has 16 heavy (non-hydrogen) atoms. The van der Waals surface area contributed by atoms with Gasteiger partial charge < -0.3 is 5.11 Å². The Balaban J connectivity index is 3.06. The number of carbonyl (C=O) groups is 1. The monoisotopic (exact) mass is 237 g/mol. The van der Waals surface area contributed by atoms with E-state index >= 15 is 0 Å². The van der Waals surface area contributed by atoms with Crippen LogP contribution in [0.3, 0.4) is 0 Å². The lowest BCUT2D eigenvalue weighted by atomic mass is 10.00. The van der Waals surface area contributed by atoms with Gasteiger partial charge in [-0.15, -0.1) is 0 Å². The summed E-state index contributed by atoms with van der Waals surface area (Å²) < 4.78 is 50.1. The smallest absolute Gasteiger partial charge is 0.397 e. The number of hydrogen-bond donors (Lipinski definition) is 1. The third-order valence-electron chi connectivity index (χ3n) is 1.87. The third-order valence-corrected chi connectivity index (χ3v) is 1.87. The van der Waals surface area contributed by atoms with E-state index in [-0.39, 0.29) is 0 Å². The second-order valence-corrected chi connectivity index (χ2v) is 3.09. The maximum Gasteiger partial charge on any atom is 0.397 e. The largest absolute Gasteiger partial charge is 0.481 e. The van der Waals surface area contributed by atoms with Crippen LogP contribution in [0, 0.1) is 5.82 Å². The molecule has 1 N–H and O–H groups in total. The molecule has 1 atom stereocenters. The molecule has 1 aromatic heterocycles. The van der Waals surface area contributed by atoms with Crippen molar-refractivity contribution in [3.05, 3.63) is 29.8 Å². The molecule has 0 saturated heterocycles. The standard InChI is InChI=1S/C9H7F4NO2/c10-5-1-2-14-7(3-5)6(4-8(15)16)9(11,12)13/h1-3,6H,4H2,(H,15,16). The first-order chi connectivity index (χ1) is 7.30. The van der Waals surface area contributed by atoms with E-state index in [4.69, 9.17) is 5.11 Å². The average molecular weight is 237 g/mol. The number of rotatable bonds is 3. The molecule has 88 valence electrons. The number of carboxylic acid groups (broad SMARTS) is 1. The molecule has 0 aliphatic rings. The van der Waals surface area contributed by atoms with Crippen molar-refractivity contribution < 1.29 is 27.5 Å². The normalized spacial score (nSPS) is 13.5. The maximum absolute atomic E-state index is 12.7. The van der Waals surface area contributed by atoms with Crippen LogP contribution in [0.25, 0.3) is 0 Å². The average Bonchev–Trinajstić information content (AvgIpc) is 2.12. The molecular weight excluding hydrogens is 230 g/mol. The van der Waals surface area contributed by atoms with Gasteiger partial charge in [0.15, 0.2) is 0 Å². The summed E-state index contributed by atoms with van der Waals surface area (Å²) in [6.45, 7) is 0. The summed E-state index contributed by atoms with van der Waals surface area (Å²) in [6.07, 6.45) is -5.07. The van der Waals surface area contributed by atoms with Crippen LogP contribution in [0.1, 0.15) is 18.0 Å². The quantitative estimate of drug-likeness (QED) is 0.821. The SMILES string of the molecule is O=C(O)CC(c1cc(F)ccn1)C(F)(F)F. The number of alkyl halides is 3. The van der Waals surface area contributed by atoms with E-state index < -0.39 is 36.0 Å². The van der Waals surface area contributed by atoms with Crippen LogP contribution < -0.4 is 0 Å². The van der Waals surface area contributed by atoms with Gasteiger partial charge in [0, 0.05) is 6.20 Å². The van der Waals surface area contributed by atoms with Crippen molar-refractivity contribution in [1.82, 2.24) is 4.98 Å². The van der Waals surface area contributed by atoms with Gasteiger partial charge in [0.1, 0.15) is 11.7 Å². The minimum atomic E-state index is -4.76. The van der Waals surface area contributed by atoms with Crippen LogP contribution in [0.15, 0.2) is 18.3 Å². The van der Waals surface area contributed by atoms with Crippen LogP contribution in [0.5, 0.6) is 0 Å². The summed E-state index contributed by atoms with van der Waals surface area (Å²) in [5, 5.41) is 8.36. The van der Waals surface area contributed by atoms with Crippen molar-refractivity contribution in [2.75, 3.05) is 0 Å². The van der Waals surface area contributed by atoms with Crippen molar-refractivity contribution in [3.8, 4) is 0 Å². The molecule has 0 saturated carbocycles. The minimum Gasteiger partial charge on any atom is -0.481 e.